The molecular weight excluding hydrogens is 335 g/mol. The number of carbonyl (C=O) groups is 2. The molecule has 4 rings (SSSR count). The quantitative estimate of drug-likeness (QED) is 0.787. The predicted octanol–water partition coefficient (Wildman–Crippen LogP) is 2.32. The second-order valence-electron chi connectivity index (χ2n) is 6.38. The maximum Gasteiger partial charge on any atom is 0.271 e. The number of rotatable bonds is 3. The van der Waals surface area contributed by atoms with Gasteiger partial charge < -0.3 is 14.6 Å². The molecule has 1 aliphatic heterocycles. The minimum Gasteiger partial charge on any atom is -0.346 e. The second-order valence-corrected chi connectivity index (χ2v) is 6.38. The molecule has 1 saturated heterocycles. The highest BCUT2D eigenvalue weighted by molar-refractivity contribution is 5.98. The normalized spacial score (nSPS) is 17.1. The highest BCUT2D eigenvalue weighted by Crippen LogP contribution is 2.24. The van der Waals surface area contributed by atoms with Crippen molar-refractivity contribution in [3.8, 4) is 0 Å². The van der Waals surface area contributed by atoms with E-state index in [0.29, 0.717) is 5.65 Å². The third kappa shape index (κ3) is 2.81. The number of nitrogens with one attached hydrogen (secondary N) is 1. The van der Waals surface area contributed by atoms with E-state index in [9.17, 15) is 14.0 Å². The summed E-state index contributed by atoms with van der Waals surface area (Å²) in [5.41, 5.74) is 2.20. The van der Waals surface area contributed by atoms with Crippen molar-refractivity contribution in [2.75, 3.05) is 11.4 Å². The summed E-state index contributed by atoms with van der Waals surface area (Å²) in [5, 5.41) is 2.83. The molecule has 0 saturated carbocycles. The van der Waals surface area contributed by atoms with Crippen LogP contribution in [-0.4, -0.2) is 33.8 Å². The molecule has 132 valence electrons. The molecule has 0 aliphatic carbocycles. The number of pyridine rings is 1. The summed E-state index contributed by atoms with van der Waals surface area (Å²) in [4.78, 5) is 30.5. The standard InChI is InChI=1S/C19H17FN4O2/c1-12-5-4-8-23-11-15(22-18(12)23)19(26)21-13-9-17(25)24(10-13)16-7-3-2-6-14(16)20/h2-8,11,13H,9-10H2,1H3,(H,21,26). The molecule has 6 nitrogen and oxygen atoms in total. The number of aryl methyl sites for hydroxylation is 1. The fourth-order valence-corrected chi connectivity index (χ4v) is 3.23. The van der Waals surface area contributed by atoms with Crippen molar-refractivity contribution < 1.29 is 14.0 Å². The Morgan fingerprint density at radius 1 is 1.27 bits per heavy atom. The van der Waals surface area contributed by atoms with Gasteiger partial charge in [-0.3, -0.25) is 9.59 Å². The van der Waals surface area contributed by atoms with Gasteiger partial charge in [-0.15, -0.1) is 0 Å². The van der Waals surface area contributed by atoms with E-state index < -0.39 is 5.82 Å². The molecule has 1 unspecified atom stereocenters. The Morgan fingerprint density at radius 3 is 2.85 bits per heavy atom. The van der Waals surface area contributed by atoms with Gasteiger partial charge in [0, 0.05) is 25.4 Å². The van der Waals surface area contributed by atoms with Gasteiger partial charge in [0.1, 0.15) is 17.2 Å². The van der Waals surface area contributed by atoms with Crippen LogP contribution >= 0.6 is 0 Å². The van der Waals surface area contributed by atoms with Crippen molar-refractivity contribution in [2.24, 2.45) is 0 Å². The number of para-hydroxylation sites is 1. The van der Waals surface area contributed by atoms with Crippen LogP contribution in [0.15, 0.2) is 48.8 Å². The molecular formula is C19H17FN4O2. The average molecular weight is 352 g/mol. The van der Waals surface area contributed by atoms with Crippen LogP contribution in [0.2, 0.25) is 0 Å². The molecule has 26 heavy (non-hydrogen) atoms. The number of hydrogen-bond acceptors (Lipinski definition) is 3. The summed E-state index contributed by atoms with van der Waals surface area (Å²) >= 11 is 0. The van der Waals surface area contributed by atoms with Crippen molar-refractivity contribution in [2.45, 2.75) is 19.4 Å². The summed E-state index contributed by atoms with van der Waals surface area (Å²) < 4.78 is 15.7. The number of amides is 2. The molecule has 0 spiro atoms. The van der Waals surface area contributed by atoms with Crippen LogP contribution < -0.4 is 10.2 Å². The molecule has 2 aromatic heterocycles. The largest absolute Gasteiger partial charge is 0.346 e. The fourth-order valence-electron chi connectivity index (χ4n) is 3.23. The molecule has 0 bridgehead atoms. The van der Waals surface area contributed by atoms with E-state index in [1.165, 1.54) is 11.0 Å². The zero-order valence-electron chi connectivity index (χ0n) is 14.1. The molecule has 7 heteroatoms. The van der Waals surface area contributed by atoms with Crippen LogP contribution in [0.1, 0.15) is 22.5 Å². The van der Waals surface area contributed by atoms with E-state index >= 15 is 0 Å². The number of benzene rings is 1. The molecule has 1 aliphatic rings. The van der Waals surface area contributed by atoms with Gasteiger partial charge in [-0.2, -0.15) is 0 Å². The van der Waals surface area contributed by atoms with Crippen molar-refractivity contribution in [1.29, 1.82) is 0 Å². The van der Waals surface area contributed by atoms with E-state index in [-0.39, 0.29) is 42.2 Å². The monoisotopic (exact) mass is 352 g/mol. The first-order valence-electron chi connectivity index (χ1n) is 8.33. The first-order valence-corrected chi connectivity index (χ1v) is 8.33. The minimum absolute atomic E-state index is 0.131. The van der Waals surface area contributed by atoms with Gasteiger partial charge in [0.05, 0.1) is 11.7 Å². The van der Waals surface area contributed by atoms with Gasteiger partial charge >= 0.3 is 0 Å². The van der Waals surface area contributed by atoms with Crippen LogP contribution in [0, 0.1) is 12.7 Å². The first kappa shape index (κ1) is 16.3. The molecule has 2 amide bonds. The summed E-state index contributed by atoms with van der Waals surface area (Å²) in [5.74, 6) is -1.02. The van der Waals surface area contributed by atoms with E-state index in [2.05, 4.69) is 10.3 Å². The number of imidazole rings is 1. The summed E-state index contributed by atoms with van der Waals surface area (Å²) in [6, 6.07) is 9.54. The van der Waals surface area contributed by atoms with Crippen molar-refractivity contribution in [1.82, 2.24) is 14.7 Å². The molecule has 1 N–H and O–H groups in total. The number of hydrogen-bond donors (Lipinski definition) is 1. The van der Waals surface area contributed by atoms with Gasteiger partial charge in [-0.1, -0.05) is 18.2 Å². The zero-order valence-corrected chi connectivity index (χ0v) is 14.1. The van der Waals surface area contributed by atoms with Crippen molar-refractivity contribution >= 4 is 23.1 Å². The molecule has 1 atom stereocenters. The Kier molecular flexibility index (Phi) is 3.91. The lowest BCUT2D eigenvalue weighted by atomic mass is 10.2. The lowest BCUT2D eigenvalue weighted by Gasteiger charge is -2.17. The van der Waals surface area contributed by atoms with Crippen LogP contribution in [0.5, 0.6) is 0 Å². The number of halogens is 1. The predicted molar refractivity (Wildman–Crippen MR) is 94.6 cm³/mol. The average Bonchev–Trinajstić information content (AvgIpc) is 3.20. The van der Waals surface area contributed by atoms with Gasteiger partial charge in [0.25, 0.3) is 5.91 Å². The number of aromatic nitrogens is 2. The number of fused-ring (bicyclic) bond motifs is 1. The Bertz CT molecular complexity index is 1010. The van der Waals surface area contributed by atoms with Gasteiger partial charge in [0.15, 0.2) is 0 Å². The van der Waals surface area contributed by atoms with Crippen molar-refractivity contribution in [3.05, 3.63) is 65.9 Å². The molecule has 1 aromatic carbocycles. The smallest absolute Gasteiger partial charge is 0.271 e. The Labute approximate surface area is 149 Å². The molecule has 3 aromatic rings. The number of carbonyl (C=O) groups excluding carboxylic acids is 2. The van der Waals surface area contributed by atoms with Gasteiger partial charge in [0.2, 0.25) is 5.91 Å². The summed E-state index contributed by atoms with van der Waals surface area (Å²) in [6.07, 6.45) is 3.61. The third-order valence-corrected chi connectivity index (χ3v) is 4.51. The van der Waals surface area contributed by atoms with E-state index in [1.54, 1.807) is 28.8 Å². The van der Waals surface area contributed by atoms with Crippen LogP contribution in [0.25, 0.3) is 5.65 Å². The van der Waals surface area contributed by atoms with Crippen LogP contribution in [-0.2, 0) is 4.79 Å². The summed E-state index contributed by atoms with van der Waals surface area (Å²) in [7, 11) is 0. The van der Waals surface area contributed by atoms with Gasteiger partial charge in [-0.05, 0) is 30.7 Å². The maximum atomic E-state index is 13.9. The molecule has 3 heterocycles. The zero-order chi connectivity index (χ0) is 18.3. The highest BCUT2D eigenvalue weighted by atomic mass is 19.1. The van der Waals surface area contributed by atoms with E-state index in [4.69, 9.17) is 0 Å². The Hall–Kier alpha value is -3.22. The SMILES string of the molecule is Cc1cccn2cc(C(=O)NC3CC(=O)N(c4ccccc4F)C3)nc12. The first-order chi connectivity index (χ1) is 12.5. The lowest BCUT2D eigenvalue weighted by molar-refractivity contribution is -0.117. The van der Waals surface area contributed by atoms with Crippen LogP contribution in [0.3, 0.4) is 0 Å². The Balaban J connectivity index is 1.50. The minimum atomic E-state index is -0.455. The van der Waals surface area contributed by atoms with E-state index in [0.717, 1.165) is 5.56 Å². The van der Waals surface area contributed by atoms with E-state index in [1.807, 2.05) is 25.3 Å². The van der Waals surface area contributed by atoms with Crippen molar-refractivity contribution in [3.63, 3.8) is 0 Å². The molecule has 1 fully saturated rings. The third-order valence-electron chi connectivity index (χ3n) is 4.51. The Morgan fingerprint density at radius 2 is 2.08 bits per heavy atom. The highest BCUT2D eigenvalue weighted by Gasteiger charge is 2.33. The summed E-state index contributed by atoms with van der Waals surface area (Å²) in [6.45, 7) is 2.16. The lowest BCUT2D eigenvalue weighted by Crippen LogP contribution is -2.37. The molecule has 0 radical (unpaired) electrons. The number of nitrogens with zero attached hydrogens (tertiary/aromatic N) is 3. The second kappa shape index (κ2) is 6.25. The van der Waals surface area contributed by atoms with Crippen LogP contribution in [0.4, 0.5) is 10.1 Å². The number of anilines is 1. The topological polar surface area (TPSA) is 66.7 Å². The maximum absolute atomic E-state index is 13.9. The van der Waals surface area contributed by atoms with Gasteiger partial charge in [-0.25, -0.2) is 9.37 Å². The fraction of sp³-hybridized carbons (Fsp3) is 0.211.